The summed E-state index contributed by atoms with van der Waals surface area (Å²) >= 11 is 3.42. The smallest absolute Gasteiger partial charge is 0.0599 e. The van der Waals surface area contributed by atoms with Crippen LogP contribution >= 0.6 is 15.9 Å². The third-order valence-corrected chi connectivity index (χ3v) is 3.35. The molecule has 2 atom stereocenters. The van der Waals surface area contributed by atoms with E-state index in [0.717, 1.165) is 29.7 Å². The van der Waals surface area contributed by atoms with Crippen molar-refractivity contribution in [3.8, 4) is 0 Å². The van der Waals surface area contributed by atoms with Crippen molar-refractivity contribution < 1.29 is 5.11 Å². The van der Waals surface area contributed by atoms with Gasteiger partial charge >= 0.3 is 0 Å². The number of aliphatic hydroxyl groups is 1. The van der Waals surface area contributed by atoms with Gasteiger partial charge in [0.2, 0.25) is 0 Å². The average molecular weight is 271 g/mol. The van der Waals surface area contributed by atoms with E-state index >= 15 is 0 Å². The number of nitrogens with zero attached hydrogens (tertiary/aromatic N) is 2. The number of aliphatic hydroxyl groups excluding tert-OH is 1. The van der Waals surface area contributed by atoms with Crippen LogP contribution in [-0.4, -0.2) is 29.3 Å². The number of hydrogen-bond donors (Lipinski definition) is 1. The molecular formula is C11H15BrN2O. The molecule has 0 amide bonds. The Kier molecular flexibility index (Phi) is 3.26. The van der Waals surface area contributed by atoms with E-state index in [2.05, 4.69) is 38.8 Å². The van der Waals surface area contributed by atoms with Crippen LogP contribution in [0.15, 0.2) is 22.9 Å². The maximum absolute atomic E-state index is 9.65. The molecule has 1 aliphatic heterocycles. The van der Waals surface area contributed by atoms with E-state index in [-0.39, 0.29) is 6.10 Å². The number of piperidine rings is 1. The Morgan fingerprint density at radius 3 is 3.00 bits per heavy atom. The number of pyridine rings is 1. The molecule has 1 N–H and O–H groups in total. The van der Waals surface area contributed by atoms with Crippen LogP contribution in [0.1, 0.15) is 13.3 Å². The highest BCUT2D eigenvalue weighted by atomic mass is 79.9. The quantitative estimate of drug-likeness (QED) is 0.849. The Bertz CT molecular complexity index is 345. The lowest BCUT2D eigenvalue weighted by atomic mass is 9.96. The average Bonchev–Trinajstić information content (AvgIpc) is 2.22. The Morgan fingerprint density at radius 2 is 2.33 bits per heavy atom. The van der Waals surface area contributed by atoms with Crippen molar-refractivity contribution in [2.45, 2.75) is 19.4 Å². The SMILES string of the molecule is CC1CN(c2cncc(Br)c2)CCC1O. The van der Waals surface area contributed by atoms with Gasteiger partial charge in [-0.3, -0.25) is 4.98 Å². The molecular weight excluding hydrogens is 256 g/mol. The summed E-state index contributed by atoms with van der Waals surface area (Å²) in [7, 11) is 0. The molecule has 2 rings (SSSR count). The van der Waals surface area contributed by atoms with Crippen LogP contribution in [-0.2, 0) is 0 Å². The first-order valence-electron chi connectivity index (χ1n) is 5.20. The highest BCUT2D eigenvalue weighted by molar-refractivity contribution is 9.10. The number of halogens is 1. The van der Waals surface area contributed by atoms with Crippen molar-refractivity contribution in [1.29, 1.82) is 0 Å². The predicted molar refractivity (Wildman–Crippen MR) is 63.9 cm³/mol. The van der Waals surface area contributed by atoms with Gasteiger partial charge in [0.25, 0.3) is 0 Å². The van der Waals surface area contributed by atoms with E-state index in [0.29, 0.717) is 5.92 Å². The van der Waals surface area contributed by atoms with E-state index in [9.17, 15) is 5.11 Å². The Balaban J connectivity index is 2.12. The third kappa shape index (κ3) is 2.49. The number of aromatic nitrogens is 1. The molecule has 1 saturated heterocycles. The normalized spacial score (nSPS) is 26.7. The molecule has 0 spiro atoms. The fourth-order valence-electron chi connectivity index (χ4n) is 1.94. The summed E-state index contributed by atoms with van der Waals surface area (Å²) in [6, 6.07) is 2.07. The molecule has 2 unspecified atom stereocenters. The van der Waals surface area contributed by atoms with Crippen LogP contribution in [0.2, 0.25) is 0 Å². The molecule has 1 aromatic heterocycles. The topological polar surface area (TPSA) is 36.4 Å². The second kappa shape index (κ2) is 4.49. The Labute approximate surface area is 98.3 Å². The molecule has 0 bridgehead atoms. The van der Waals surface area contributed by atoms with Gasteiger partial charge in [0, 0.05) is 23.8 Å². The van der Waals surface area contributed by atoms with E-state index in [1.54, 1.807) is 6.20 Å². The fourth-order valence-corrected chi connectivity index (χ4v) is 2.29. The molecule has 3 nitrogen and oxygen atoms in total. The van der Waals surface area contributed by atoms with Crippen molar-refractivity contribution in [3.63, 3.8) is 0 Å². The summed E-state index contributed by atoms with van der Waals surface area (Å²) < 4.78 is 0.999. The molecule has 1 aromatic rings. The zero-order valence-corrected chi connectivity index (χ0v) is 10.3. The highest BCUT2D eigenvalue weighted by Crippen LogP contribution is 2.24. The monoisotopic (exact) mass is 270 g/mol. The van der Waals surface area contributed by atoms with E-state index in [1.165, 1.54) is 0 Å². The predicted octanol–water partition coefficient (Wildman–Crippen LogP) is 2.05. The number of hydrogen-bond acceptors (Lipinski definition) is 3. The minimum atomic E-state index is -0.152. The largest absolute Gasteiger partial charge is 0.393 e. The van der Waals surface area contributed by atoms with Gasteiger partial charge in [-0.1, -0.05) is 6.92 Å². The standard InChI is InChI=1S/C11H15BrN2O/c1-8-7-14(3-2-11(8)15)10-4-9(12)5-13-6-10/h4-6,8,11,15H,2-3,7H2,1H3. The highest BCUT2D eigenvalue weighted by Gasteiger charge is 2.24. The second-order valence-corrected chi connectivity index (χ2v) is 5.06. The van der Waals surface area contributed by atoms with Crippen molar-refractivity contribution in [2.75, 3.05) is 18.0 Å². The first-order chi connectivity index (χ1) is 7.16. The number of rotatable bonds is 1. The molecule has 1 fully saturated rings. The summed E-state index contributed by atoms with van der Waals surface area (Å²) in [5.41, 5.74) is 1.13. The molecule has 1 aliphatic rings. The molecule has 0 saturated carbocycles. The fraction of sp³-hybridized carbons (Fsp3) is 0.545. The van der Waals surface area contributed by atoms with Crippen LogP contribution < -0.4 is 4.90 Å². The minimum absolute atomic E-state index is 0.152. The van der Waals surface area contributed by atoms with Gasteiger partial charge in [0.05, 0.1) is 18.0 Å². The maximum Gasteiger partial charge on any atom is 0.0599 e. The van der Waals surface area contributed by atoms with Crippen LogP contribution in [0.4, 0.5) is 5.69 Å². The van der Waals surface area contributed by atoms with Crippen molar-refractivity contribution in [2.24, 2.45) is 5.92 Å². The lowest BCUT2D eigenvalue weighted by Crippen LogP contribution is -2.41. The molecule has 0 aliphatic carbocycles. The van der Waals surface area contributed by atoms with Gasteiger partial charge in [-0.2, -0.15) is 0 Å². The molecule has 15 heavy (non-hydrogen) atoms. The van der Waals surface area contributed by atoms with Gasteiger partial charge in [-0.15, -0.1) is 0 Å². The first kappa shape index (κ1) is 10.9. The summed E-state index contributed by atoms with van der Waals surface area (Å²) in [6.07, 6.45) is 4.34. The molecule has 4 heteroatoms. The summed E-state index contributed by atoms with van der Waals surface area (Å²) in [5, 5.41) is 9.65. The molecule has 82 valence electrons. The zero-order valence-electron chi connectivity index (χ0n) is 8.73. The minimum Gasteiger partial charge on any atom is -0.393 e. The van der Waals surface area contributed by atoms with Crippen LogP contribution in [0.25, 0.3) is 0 Å². The van der Waals surface area contributed by atoms with Gasteiger partial charge in [0.1, 0.15) is 0 Å². The first-order valence-corrected chi connectivity index (χ1v) is 5.99. The second-order valence-electron chi connectivity index (χ2n) is 4.14. The van der Waals surface area contributed by atoms with Gasteiger partial charge in [-0.25, -0.2) is 0 Å². The third-order valence-electron chi connectivity index (χ3n) is 2.92. The molecule has 0 aromatic carbocycles. The maximum atomic E-state index is 9.65. The zero-order chi connectivity index (χ0) is 10.8. The van der Waals surface area contributed by atoms with E-state index in [4.69, 9.17) is 0 Å². The Morgan fingerprint density at radius 1 is 1.53 bits per heavy atom. The van der Waals surface area contributed by atoms with Gasteiger partial charge < -0.3 is 10.0 Å². The van der Waals surface area contributed by atoms with Crippen LogP contribution in [0.5, 0.6) is 0 Å². The summed E-state index contributed by atoms with van der Waals surface area (Å²) in [5.74, 6) is 0.331. The summed E-state index contributed by atoms with van der Waals surface area (Å²) in [4.78, 5) is 6.43. The van der Waals surface area contributed by atoms with Gasteiger partial charge in [-0.05, 0) is 34.3 Å². The lowest BCUT2D eigenvalue weighted by Gasteiger charge is -2.35. The van der Waals surface area contributed by atoms with Crippen molar-refractivity contribution >= 4 is 21.6 Å². The van der Waals surface area contributed by atoms with Crippen LogP contribution in [0.3, 0.4) is 0 Å². The number of anilines is 1. The lowest BCUT2D eigenvalue weighted by molar-refractivity contribution is 0.0971. The Hall–Kier alpha value is -0.610. The molecule has 0 radical (unpaired) electrons. The van der Waals surface area contributed by atoms with E-state index < -0.39 is 0 Å². The summed E-state index contributed by atoms with van der Waals surface area (Å²) in [6.45, 7) is 3.89. The van der Waals surface area contributed by atoms with Crippen molar-refractivity contribution in [1.82, 2.24) is 4.98 Å². The van der Waals surface area contributed by atoms with Crippen molar-refractivity contribution in [3.05, 3.63) is 22.9 Å². The molecule has 2 heterocycles. The van der Waals surface area contributed by atoms with Crippen LogP contribution in [0, 0.1) is 5.92 Å². The van der Waals surface area contributed by atoms with E-state index in [1.807, 2.05) is 6.20 Å². The van der Waals surface area contributed by atoms with Gasteiger partial charge in [0.15, 0.2) is 0 Å².